The lowest BCUT2D eigenvalue weighted by Gasteiger charge is -2.10. The van der Waals surface area contributed by atoms with Crippen molar-refractivity contribution in [1.82, 2.24) is 0 Å². The summed E-state index contributed by atoms with van der Waals surface area (Å²) in [6, 6.07) is 5.09. The van der Waals surface area contributed by atoms with Crippen LogP contribution in [0.25, 0.3) is 0 Å². The van der Waals surface area contributed by atoms with Gasteiger partial charge in [0.1, 0.15) is 0 Å². The van der Waals surface area contributed by atoms with E-state index < -0.39 is 22.8 Å². The number of esters is 2. The summed E-state index contributed by atoms with van der Waals surface area (Å²) in [6.45, 7) is 1.53. The molecule has 0 aliphatic carbocycles. The maximum atomic E-state index is 12.4. The summed E-state index contributed by atoms with van der Waals surface area (Å²) in [5.41, 5.74) is -0.00446. The van der Waals surface area contributed by atoms with Gasteiger partial charge in [-0.1, -0.05) is 0 Å². The predicted molar refractivity (Wildman–Crippen MR) is 92.8 cm³/mol. The van der Waals surface area contributed by atoms with Crippen LogP contribution in [0.4, 0.5) is 11.4 Å². The monoisotopic (exact) mass is 378 g/mol. The molecule has 0 aliphatic heterocycles. The first-order valence-corrected chi connectivity index (χ1v) is 7.97. The molecule has 26 heavy (non-hydrogen) atoms. The average molecular weight is 378 g/mol. The number of rotatable bonds is 5. The van der Waals surface area contributed by atoms with Gasteiger partial charge in [0.15, 0.2) is 0 Å². The summed E-state index contributed by atoms with van der Waals surface area (Å²) in [4.78, 5) is 46.8. The molecular formula is C16H14N2O7S. The molecule has 0 bridgehead atoms. The van der Waals surface area contributed by atoms with Crippen LogP contribution in [0.5, 0.6) is 0 Å². The zero-order valence-corrected chi connectivity index (χ0v) is 14.8. The van der Waals surface area contributed by atoms with Crippen molar-refractivity contribution in [1.29, 1.82) is 0 Å². The minimum atomic E-state index is -0.718. The Bertz CT molecular complexity index is 904. The zero-order chi connectivity index (χ0) is 19.4. The number of nitro groups is 1. The molecule has 136 valence electrons. The Hall–Kier alpha value is -3.27. The maximum absolute atomic E-state index is 12.4. The highest BCUT2D eigenvalue weighted by molar-refractivity contribution is 7.14. The molecule has 2 rings (SSSR count). The molecule has 2 aromatic rings. The van der Waals surface area contributed by atoms with Crippen molar-refractivity contribution >= 4 is 40.6 Å². The van der Waals surface area contributed by atoms with Crippen molar-refractivity contribution in [2.45, 2.75) is 6.92 Å². The Morgan fingerprint density at radius 1 is 1.12 bits per heavy atom. The minimum absolute atomic E-state index is 0.0243. The van der Waals surface area contributed by atoms with Crippen LogP contribution in [0.1, 0.15) is 35.3 Å². The number of carbonyl (C=O) groups excluding carboxylic acids is 3. The zero-order valence-electron chi connectivity index (χ0n) is 14.0. The van der Waals surface area contributed by atoms with Crippen LogP contribution in [-0.2, 0) is 9.47 Å². The molecule has 0 aliphatic rings. The summed E-state index contributed by atoms with van der Waals surface area (Å²) in [5.74, 6) is -2.03. The van der Waals surface area contributed by atoms with Gasteiger partial charge < -0.3 is 14.8 Å². The van der Waals surface area contributed by atoms with E-state index in [0.717, 1.165) is 17.4 Å². The van der Waals surface area contributed by atoms with E-state index in [1.807, 2.05) is 0 Å². The number of amides is 1. The highest BCUT2D eigenvalue weighted by Crippen LogP contribution is 2.29. The summed E-state index contributed by atoms with van der Waals surface area (Å²) < 4.78 is 9.26. The van der Waals surface area contributed by atoms with Crippen molar-refractivity contribution in [2.75, 3.05) is 19.5 Å². The van der Waals surface area contributed by atoms with E-state index in [1.54, 1.807) is 0 Å². The standard InChI is InChI=1S/C16H14N2O7S/c1-8-12(18(22)23)7-13(26-8)14(19)17-11-6-9(15(20)24-2)4-5-10(11)16(21)25-3/h4-7H,1-3H3,(H,17,19). The molecular weight excluding hydrogens is 364 g/mol. The van der Waals surface area contributed by atoms with Crippen LogP contribution in [0.3, 0.4) is 0 Å². The number of hydrogen-bond donors (Lipinski definition) is 1. The van der Waals surface area contributed by atoms with Crippen LogP contribution in [-0.4, -0.2) is 37.0 Å². The lowest BCUT2D eigenvalue weighted by Crippen LogP contribution is -2.15. The van der Waals surface area contributed by atoms with Gasteiger partial charge in [0, 0.05) is 6.07 Å². The van der Waals surface area contributed by atoms with Gasteiger partial charge in [-0.3, -0.25) is 14.9 Å². The Morgan fingerprint density at radius 3 is 2.31 bits per heavy atom. The summed E-state index contributed by atoms with van der Waals surface area (Å²) >= 11 is 0.944. The first-order chi connectivity index (χ1) is 12.3. The van der Waals surface area contributed by atoms with Crippen molar-refractivity contribution in [3.63, 3.8) is 0 Å². The molecule has 9 nitrogen and oxygen atoms in total. The number of ether oxygens (including phenoxy) is 2. The van der Waals surface area contributed by atoms with Crippen molar-refractivity contribution in [3.8, 4) is 0 Å². The number of nitrogens with one attached hydrogen (secondary N) is 1. The van der Waals surface area contributed by atoms with E-state index >= 15 is 0 Å². The number of nitrogens with zero attached hydrogens (tertiary/aromatic N) is 1. The van der Waals surface area contributed by atoms with Gasteiger partial charge in [-0.05, 0) is 25.1 Å². The first kappa shape index (κ1) is 19.1. The fourth-order valence-electron chi connectivity index (χ4n) is 2.13. The second-order valence-electron chi connectivity index (χ2n) is 5.01. The van der Waals surface area contributed by atoms with Crippen LogP contribution in [0, 0.1) is 17.0 Å². The van der Waals surface area contributed by atoms with Crippen LogP contribution >= 0.6 is 11.3 Å². The molecule has 1 amide bonds. The van der Waals surface area contributed by atoms with E-state index in [1.165, 1.54) is 39.3 Å². The Labute approximate surface area is 151 Å². The Kier molecular flexibility index (Phi) is 5.68. The van der Waals surface area contributed by atoms with E-state index in [0.29, 0.717) is 4.88 Å². The number of benzene rings is 1. The van der Waals surface area contributed by atoms with E-state index in [2.05, 4.69) is 14.8 Å². The molecule has 0 fully saturated rings. The molecule has 10 heteroatoms. The third-order valence-corrected chi connectivity index (χ3v) is 4.44. The topological polar surface area (TPSA) is 125 Å². The molecule has 0 atom stereocenters. The van der Waals surface area contributed by atoms with Gasteiger partial charge in [0.05, 0.1) is 45.7 Å². The number of carbonyl (C=O) groups is 3. The molecule has 1 aromatic heterocycles. The molecule has 0 spiro atoms. The number of aryl methyl sites for hydroxylation is 1. The van der Waals surface area contributed by atoms with Crippen molar-refractivity contribution < 1.29 is 28.8 Å². The Morgan fingerprint density at radius 2 is 1.77 bits per heavy atom. The largest absolute Gasteiger partial charge is 0.465 e. The molecule has 0 unspecified atom stereocenters. The minimum Gasteiger partial charge on any atom is -0.465 e. The van der Waals surface area contributed by atoms with E-state index in [9.17, 15) is 24.5 Å². The van der Waals surface area contributed by atoms with Crippen molar-refractivity contribution in [2.24, 2.45) is 0 Å². The second-order valence-corrected chi connectivity index (χ2v) is 6.26. The molecule has 1 N–H and O–H groups in total. The maximum Gasteiger partial charge on any atom is 0.339 e. The lowest BCUT2D eigenvalue weighted by molar-refractivity contribution is -0.385. The van der Waals surface area contributed by atoms with Crippen LogP contribution in [0.15, 0.2) is 24.3 Å². The van der Waals surface area contributed by atoms with Gasteiger partial charge in [0.2, 0.25) is 0 Å². The number of thiophene rings is 1. The molecule has 0 saturated heterocycles. The quantitative estimate of drug-likeness (QED) is 0.482. The lowest BCUT2D eigenvalue weighted by atomic mass is 10.1. The smallest absolute Gasteiger partial charge is 0.339 e. The SMILES string of the molecule is COC(=O)c1ccc(C(=O)OC)c(NC(=O)c2cc([N+](=O)[O-])c(C)s2)c1. The fourth-order valence-corrected chi connectivity index (χ4v) is 3.01. The third-order valence-electron chi connectivity index (χ3n) is 3.41. The molecule has 1 aromatic carbocycles. The van der Waals surface area contributed by atoms with Gasteiger partial charge in [-0.15, -0.1) is 11.3 Å². The van der Waals surface area contributed by atoms with Gasteiger partial charge in [0.25, 0.3) is 11.6 Å². The number of methoxy groups -OCH3 is 2. The highest BCUT2D eigenvalue weighted by Gasteiger charge is 2.22. The average Bonchev–Trinajstić information content (AvgIpc) is 3.02. The first-order valence-electron chi connectivity index (χ1n) is 7.15. The van der Waals surface area contributed by atoms with E-state index in [-0.39, 0.29) is 27.4 Å². The van der Waals surface area contributed by atoms with E-state index in [4.69, 9.17) is 0 Å². The van der Waals surface area contributed by atoms with Crippen molar-refractivity contribution in [3.05, 3.63) is 55.3 Å². The molecule has 1 heterocycles. The second kappa shape index (κ2) is 7.74. The van der Waals surface area contributed by atoms with Gasteiger partial charge in [-0.2, -0.15) is 0 Å². The van der Waals surface area contributed by atoms with Crippen LogP contribution < -0.4 is 5.32 Å². The molecule has 0 radical (unpaired) electrons. The summed E-state index contributed by atoms with van der Waals surface area (Å²) in [5, 5.41) is 13.4. The Balaban J connectivity index is 2.41. The number of hydrogen-bond acceptors (Lipinski definition) is 8. The number of anilines is 1. The fraction of sp³-hybridized carbons (Fsp3) is 0.188. The normalized spacial score (nSPS) is 10.1. The molecule has 0 saturated carbocycles. The predicted octanol–water partition coefficient (Wildman–Crippen LogP) is 2.79. The summed E-state index contributed by atoms with van der Waals surface area (Å²) in [6.07, 6.45) is 0. The highest BCUT2D eigenvalue weighted by atomic mass is 32.1. The summed E-state index contributed by atoms with van der Waals surface area (Å²) in [7, 11) is 2.37. The third kappa shape index (κ3) is 3.86. The van der Waals surface area contributed by atoms with Gasteiger partial charge >= 0.3 is 11.9 Å². The van der Waals surface area contributed by atoms with Crippen LogP contribution in [0.2, 0.25) is 0 Å². The van der Waals surface area contributed by atoms with Gasteiger partial charge in [-0.25, -0.2) is 9.59 Å².